The Morgan fingerprint density at radius 3 is 2.61 bits per heavy atom. The van der Waals surface area contributed by atoms with Crippen LogP contribution in [0.3, 0.4) is 0 Å². The summed E-state index contributed by atoms with van der Waals surface area (Å²) < 4.78 is 28.5. The Kier molecular flexibility index (Phi) is 4.36. The number of nitrogens with zero attached hydrogens (tertiary/aromatic N) is 3. The molecule has 0 saturated carbocycles. The zero-order chi connectivity index (χ0) is 16.4. The number of hydrogen-bond acceptors (Lipinski definition) is 7. The van der Waals surface area contributed by atoms with Crippen LogP contribution in [0.4, 0.5) is 6.01 Å². The molecule has 1 atom stereocenters. The smallest absolute Gasteiger partial charge is 0.315 e. The fourth-order valence-corrected chi connectivity index (χ4v) is 4.27. The fourth-order valence-electron chi connectivity index (χ4n) is 2.60. The molecule has 1 aromatic carbocycles. The van der Waals surface area contributed by atoms with E-state index in [4.69, 9.17) is 4.42 Å². The van der Waals surface area contributed by atoms with Gasteiger partial charge in [0.1, 0.15) is 0 Å². The summed E-state index contributed by atoms with van der Waals surface area (Å²) >= 11 is 0. The molecule has 124 valence electrons. The van der Waals surface area contributed by atoms with Gasteiger partial charge in [-0.15, -0.1) is 5.10 Å². The number of rotatable bonds is 5. The highest BCUT2D eigenvalue weighted by Gasteiger charge is 2.28. The quantitative estimate of drug-likeness (QED) is 0.883. The van der Waals surface area contributed by atoms with Crippen molar-refractivity contribution in [1.29, 1.82) is 0 Å². The monoisotopic (exact) mass is 336 g/mol. The van der Waals surface area contributed by atoms with E-state index in [1.165, 1.54) is 5.56 Å². The van der Waals surface area contributed by atoms with E-state index in [2.05, 4.69) is 20.4 Å². The Bertz CT molecular complexity index is 768. The molecular weight excluding hydrogens is 316 g/mol. The lowest BCUT2D eigenvalue weighted by Crippen LogP contribution is -2.20. The molecule has 8 heteroatoms. The maximum absolute atomic E-state index is 11.5. The molecule has 1 N–H and O–H groups in total. The van der Waals surface area contributed by atoms with E-state index in [0.717, 1.165) is 12.1 Å². The van der Waals surface area contributed by atoms with Gasteiger partial charge in [-0.05, 0) is 38.2 Å². The van der Waals surface area contributed by atoms with Crippen molar-refractivity contribution >= 4 is 15.9 Å². The highest BCUT2D eigenvalue weighted by Crippen LogP contribution is 2.22. The molecular formula is C15H20N4O3S. The van der Waals surface area contributed by atoms with E-state index < -0.39 is 9.84 Å². The summed E-state index contributed by atoms with van der Waals surface area (Å²) in [5.74, 6) is 0.743. The van der Waals surface area contributed by atoms with Crippen molar-refractivity contribution in [3.8, 4) is 11.5 Å². The maximum Gasteiger partial charge on any atom is 0.315 e. The van der Waals surface area contributed by atoms with Crippen molar-refractivity contribution in [3.63, 3.8) is 0 Å². The van der Waals surface area contributed by atoms with Gasteiger partial charge in [-0.3, -0.25) is 0 Å². The molecule has 1 unspecified atom stereocenters. The number of sulfone groups is 1. The lowest BCUT2D eigenvalue weighted by molar-refractivity contribution is 0.402. The molecule has 3 rings (SSSR count). The predicted molar refractivity (Wildman–Crippen MR) is 87.8 cm³/mol. The van der Waals surface area contributed by atoms with Gasteiger partial charge < -0.3 is 14.6 Å². The molecule has 0 amide bonds. The van der Waals surface area contributed by atoms with Crippen LogP contribution in [0.15, 0.2) is 28.7 Å². The van der Waals surface area contributed by atoms with Gasteiger partial charge >= 0.3 is 6.01 Å². The third-order valence-electron chi connectivity index (χ3n) is 3.68. The van der Waals surface area contributed by atoms with Crippen LogP contribution < -0.4 is 5.32 Å². The molecule has 7 nitrogen and oxygen atoms in total. The van der Waals surface area contributed by atoms with Crippen LogP contribution in [0.25, 0.3) is 11.5 Å². The summed E-state index contributed by atoms with van der Waals surface area (Å²) in [7, 11) is 1.11. The van der Waals surface area contributed by atoms with E-state index in [1.54, 1.807) is 0 Å². The van der Waals surface area contributed by atoms with E-state index >= 15 is 0 Å². The van der Waals surface area contributed by atoms with Crippen molar-refractivity contribution in [1.82, 2.24) is 15.1 Å². The van der Waals surface area contributed by atoms with Gasteiger partial charge in [-0.1, -0.05) is 17.2 Å². The number of anilines is 1. The van der Waals surface area contributed by atoms with Crippen LogP contribution >= 0.6 is 0 Å². The summed E-state index contributed by atoms with van der Waals surface area (Å²) in [5, 5.41) is 11.0. The molecule has 1 aliphatic rings. The molecule has 1 aliphatic heterocycles. The average Bonchev–Trinajstić information content (AvgIpc) is 3.06. The van der Waals surface area contributed by atoms with Gasteiger partial charge in [0.25, 0.3) is 0 Å². The topological polar surface area (TPSA) is 88.3 Å². The number of nitrogens with one attached hydrogen (secondary N) is 1. The normalized spacial score (nSPS) is 20.0. The summed E-state index contributed by atoms with van der Waals surface area (Å²) in [6, 6.07) is 8.04. The van der Waals surface area contributed by atoms with Gasteiger partial charge in [0.15, 0.2) is 9.84 Å². The van der Waals surface area contributed by atoms with Crippen LogP contribution in [-0.2, 0) is 16.4 Å². The number of aromatic nitrogens is 2. The van der Waals surface area contributed by atoms with Gasteiger partial charge in [0, 0.05) is 18.2 Å². The van der Waals surface area contributed by atoms with Crippen molar-refractivity contribution < 1.29 is 12.8 Å². The second-order valence-electron chi connectivity index (χ2n) is 6.09. The third kappa shape index (κ3) is 4.08. The summed E-state index contributed by atoms with van der Waals surface area (Å²) in [4.78, 5) is 2.10. The van der Waals surface area contributed by atoms with Crippen LogP contribution in [0.5, 0.6) is 0 Å². The Balaban J connectivity index is 1.67. The first-order valence-corrected chi connectivity index (χ1v) is 9.28. The Morgan fingerprint density at radius 2 is 2.00 bits per heavy atom. The molecule has 23 heavy (non-hydrogen) atoms. The second-order valence-corrected chi connectivity index (χ2v) is 8.32. The Labute approximate surface area is 135 Å². The molecule has 1 saturated heterocycles. The minimum absolute atomic E-state index is 0.115. The summed E-state index contributed by atoms with van der Waals surface area (Å²) in [6.07, 6.45) is 0.569. The van der Waals surface area contributed by atoms with Crippen LogP contribution in [0, 0.1) is 0 Å². The zero-order valence-electron chi connectivity index (χ0n) is 13.2. The molecule has 0 spiro atoms. The minimum atomic E-state index is -2.93. The first-order valence-electron chi connectivity index (χ1n) is 7.46. The molecule has 0 radical (unpaired) electrons. The van der Waals surface area contributed by atoms with Crippen molar-refractivity contribution in [2.45, 2.75) is 19.0 Å². The van der Waals surface area contributed by atoms with Gasteiger partial charge in [-0.25, -0.2) is 8.42 Å². The maximum atomic E-state index is 11.5. The lowest BCUT2D eigenvalue weighted by Gasteiger charge is -2.09. The van der Waals surface area contributed by atoms with E-state index in [1.807, 2.05) is 38.4 Å². The number of hydrogen-bond donors (Lipinski definition) is 1. The van der Waals surface area contributed by atoms with Crippen molar-refractivity contribution in [3.05, 3.63) is 29.8 Å². The van der Waals surface area contributed by atoms with Crippen LogP contribution in [-0.4, -0.2) is 55.2 Å². The highest BCUT2D eigenvalue weighted by molar-refractivity contribution is 7.91. The third-order valence-corrected chi connectivity index (χ3v) is 5.45. The molecule has 0 aliphatic carbocycles. The standard InChI is InChI=1S/C15H20N4O3S/c1-19(2)9-11-3-5-12(6-4-11)14-17-18-15(22-14)16-13-7-8-23(20,21)10-13/h3-6,13H,7-10H2,1-2H3,(H,16,18). The second kappa shape index (κ2) is 6.29. The fraction of sp³-hybridized carbons (Fsp3) is 0.467. The lowest BCUT2D eigenvalue weighted by atomic mass is 10.1. The zero-order valence-corrected chi connectivity index (χ0v) is 14.0. The Hall–Kier alpha value is -1.93. The molecule has 2 heterocycles. The van der Waals surface area contributed by atoms with Crippen molar-refractivity contribution in [2.24, 2.45) is 0 Å². The van der Waals surface area contributed by atoms with E-state index in [9.17, 15) is 8.42 Å². The van der Waals surface area contributed by atoms with E-state index in [0.29, 0.717) is 12.3 Å². The first kappa shape index (κ1) is 15.9. The molecule has 2 aromatic rings. The average molecular weight is 336 g/mol. The molecule has 0 bridgehead atoms. The summed E-state index contributed by atoms with van der Waals surface area (Å²) in [6.45, 7) is 0.868. The van der Waals surface area contributed by atoms with Crippen molar-refractivity contribution in [2.75, 3.05) is 30.9 Å². The molecule has 1 aromatic heterocycles. The van der Waals surface area contributed by atoms with E-state index in [-0.39, 0.29) is 23.6 Å². The number of benzene rings is 1. The predicted octanol–water partition coefficient (Wildman–Crippen LogP) is 1.40. The highest BCUT2D eigenvalue weighted by atomic mass is 32.2. The first-order chi connectivity index (χ1) is 10.9. The minimum Gasteiger partial charge on any atom is -0.403 e. The van der Waals surface area contributed by atoms with Crippen LogP contribution in [0.2, 0.25) is 0 Å². The summed E-state index contributed by atoms with van der Waals surface area (Å²) in [5.41, 5.74) is 2.04. The van der Waals surface area contributed by atoms with Gasteiger partial charge in [-0.2, -0.15) is 0 Å². The Morgan fingerprint density at radius 1 is 1.26 bits per heavy atom. The largest absolute Gasteiger partial charge is 0.403 e. The van der Waals surface area contributed by atoms with Gasteiger partial charge in [0.2, 0.25) is 5.89 Å². The van der Waals surface area contributed by atoms with Crippen LogP contribution in [0.1, 0.15) is 12.0 Å². The molecule has 1 fully saturated rings. The van der Waals surface area contributed by atoms with Gasteiger partial charge in [0.05, 0.1) is 11.5 Å². The SMILES string of the molecule is CN(C)Cc1ccc(-c2nnc(NC3CCS(=O)(=O)C3)o2)cc1.